The van der Waals surface area contributed by atoms with Crippen molar-refractivity contribution in [2.75, 3.05) is 7.11 Å². The Hall–Kier alpha value is -2.65. The lowest BCUT2D eigenvalue weighted by Crippen LogP contribution is -2.30. The maximum Gasteiger partial charge on any atom is 0.374 e. The highest BCUT2D eigenvalue weighted by Crippen LogP contribution is 2.16. The molecule has 0 saturated carbocycles. The second-order valence-electron chi connectivity index (χ2n) is 5.64. The van der Waals surface area contributed by atoms with Gasteiger partial charge in [0, 0.05) is 11.6 Å². The zero-order valence-corrected chi connectivity index (χ0v) is 15.3. The third-order valence-electron chi connectivity index (χ3n) is 3.27. The van der Waals surface area contributed by atoms with E-state index in [1.54, 1.807) is 13.8 Å². The van der Waals surface area contributed by atoms with Gasteiger partial charge in [-0.2, -0.15) is 0 Å². The molecular weight excluding hydrogens is 362 g/mol. The highest BCUT2D eigenvalue weighted by atomic mass is 32.2. The average Bonchev–Trinajstić information content (AvgIpc) is 3.06. The van der Waals surface area contributed by atoms with Gasteiger partial charge in [0.2, 0.25) is 15.8 Å². The highest BCUT2D eigenvalue weighted by molar-refractivity contribution is 7.89. The van der Waals surface area contributed by atoms with Crippen LogP contribution in [-0.4, -0.2) is 33.5 Å². The number of ether oxygens (including phenoxy) is 2. The summed E-state index contributed by atoms with van der Waals surface area (Å²) in [7, 11) is -2.42. The van der Waals surface area contributed by atoms with E-state index in [4.69, 9.17) is 9.15 Å². The minimum absolute atomic E-state index is 0.0403. The van der Waals surface area contributed by atoms with Gasteiger partial charge in [-0.1, -0.05) is 0 Å². The SMILES string of the molecule is COC(=O)c1occc1COC(=O)c1ccc(S(=O)(=O)NC(C)C)cc1. The minimum atomic E-state index is -3.63. The monoisotopic (exact) mass is 381 g/mol. The van der Waals surface area contributed by atoms with E-state index in [1.807, 2.05) is 0 Å². The van der Waals surface area contributed by atoms with Gasteiger partial charge in [-0.05, 0) is 44.2 Å². The molecule has 0 aliphatic heterocycles. The Morgan fingerprint density at radius 2 is 1.77 bits per heavy atom. The number of carbonyl (C=O) groups excluding carboxylic acids is 2. The number of nitrogens with one attached hydrogen (secondary N) is 1. The quantitative estimate of drug-likeness (QED) is 0.731. The Kier molecular flexibility index (Phi) is 6.17. The van der Waals surface area contributed by atoms with E-state index in [2.05, 4.69) is 9.46 Å². The molecule has 140 valence electrons. The van der Waals surface area contributed by atoms with Crippen LogP contribution in [0.3, 0.4) is 0 Å². The van der Waals surface area contributed by atoms with Gasteiger partial charge < -0.3 is 13.9 Å². The molecule has 0 aliphatic carbocycles. The molecule has 1 aromatic carbocycles. The van der Waals surface area contributed by atoms with E-state index in [0.29, 0.717) is 5.56 Å². The normalized spacial score (nSPS) is 11.4. The van der Waals surface area contributed by atoms with E-state index < -0.39 is 22.0 Å². The molecular formula is C17H19NO7S. The number of esters is 2. The number of hydrogen-bond acceptors (Lipinski definition) is 7. The van der Waals surface area contributed by atoms with Crippen LogP contribution in [0.25, 0.3) is 0 Å². The predicted molar refractivity (Wildman–Crippen MR) is 91.1 cm³/mol. The molecule has 8 nitrogen and oxygen atoms in total. The first-order chi connectivity index (χ1) is 12.2. The molecule has 1 aromatic heterocycles. The van der Waals surface area contributed by atoms with Gasteiger partial charge in [-0.15, -0.1) is 0 Å². The second kappa shape index (κ2) is 8.15. The van der Waals surface area contributed by atoms with Crippen molar-refractivity contribution in [1.29, 1.82) is 0 Å². The first-order valence-corrected chi connectivity index (χ1v) is 9.17. The molecule has 0 unspecified atom stereocenters. The maximum absolute atomic E-state index is 12.1. The molecule has 26 heavy (non-hydrogen) atoms. The lowest BCUT2D eigenvalue weighted by Gasteiger charge is -2.10. The lowest BCUT2D eigenvalue weighted by atomic mass is 10.2. The Bertz CT molecular complexity index is 882. The number of rotatable bonds is 7. The van der Waals surface area contributed by atoms with Crippen LogP contribution in [0.1, 0.15) is 40.3 Å². The van der Waals surface area contributed by atoms with Gasteiger partial charge in [0.1, 0.15) is 6.61 Å². The fraction of sp³-hybridized carbons (Fsp3) is 0.294. The van der Waals surface area contributed by atoms with Crippen molar-refractivity contribution in [2.24, 2.45) is 0 Å². The number of methoxy groups -OCH3 is 1. The van der Waals surface area contributed by atoms with Gasteiger partial charge in [-0.25, -0.2) is 22.7 Å². The van der Waals surface area contributed by atoms with Gasteiger partial charge in [0.15, 0.2) is 0 Å². The molecule has 0 radical (unpaired) electrons. The summed E-state index contributed by atoms with van der Waals surface area (Å²) >= 11 is 0. The summed E-state index contributed by atoms with van der Waals surface area (Å²) in [5, 5.41) is 0. The van der Waals surface area contributed by atoms with Crippen molar-refractivity contribution >= 4 is 22.0 Å². The number of sulfonamides is 1. The molecule has 9 heteroatoms. The zero-order valence-electron chi connectivity index (χ0n) is 14.5. The summed E-state index contributed by atoms with van der Waals surface area (Å²) in [5.41, 5.74) is 0.544. The van der Waals surface area contributed by atoms with Crippen LogP contribution >= 0.6 is 0 Å². The Morgan fingerprint density at radius 3 is 2.35 bits per heavy atom. The van der Waals surface area contributed by atoms with Crippen LogP contribution in [-0.2, 0) is 26.1 Å². The third kappa shape index (κ3) is 4.70. The van der Waals surface area contributed by atoms with Crippen LogP contribution in [0.2, 0.25) is 0 Å². The summed E-state index contributed by atoms with van der Waals surface area (Å²) in [4.78, 5) is 23.6. The maximum atomic E-state index is 12.1. The van der Waals surface area contributed by atoms with Crippen molar-refractivity contribution < 1.29 is 31.9 Å². The van der Waals surface area contributed by atoms with E-state index in [1.165, 1.54) is 43.7 Å². The van der Waals surface area contributed by atoms with E-state index in [9.17, 15) is 18.0 Å². The number of furan rings is 1. The number of carbonyl (C=O) groups is 2. The largest absolute Gasteiger partial charge is 0.463 e. The topological polar surface area (TPSA) is 112 Å². The predicted octanol–water partition coefficient (Wildman–Crippen LogP) is 2.11. The number of benzene rings is 1. The highest BCUT2D eigenvalue weighted by Gasteiger charge is 2.19. The van der Waals surface area contributed by atoms with E-state index in [0.717, 1.165) is 0 Å². The summed E-state index contributed by atoms with van der Waals surface area (Å²) in [5.74, 6) is -1.38. The van der Waals surface area contributed by atoms with Crippen molar-refractivity contribution in [3.05, 3.63) is 53.5 Å². The first-order valence-electron chi connectivity index (χ1n) is 7.69. The minimum Gasteiger partial charge on any atom is -0.463 e. The molecule has 2 aromatic rings. The molecule has 0 bridgehead atoms. The number of hydrogen-bond donors (Lipinski definition) is 1. The fourth-order valence-electron chi connectivity index (χ4n) is 2.10. The second-order valence-corrected chi connectivity index (χ2v) is 7.36. The fourth-order valence-corrected chi connectivity index (χ4v) is 3.35. The van der Waals surface area contributed by atoms with E-state index in [-0.39, 0.29) is 28.9 Å². The molecule has 1 N–H and O–H groups in total. The van der Waals surface area contributed by atoms with Crippen LogP contribution in [0, 0.1) is 0 Å². The van der Waals surface area contributed by atoms with Crippen LogP contribution in [0.5, 0.6) is 0 Å². The molecule has 0 atom stereocenters. The van der Waals surface area contributed by atoms with Crippen molar-refractivity contribution in [3.63, 3.8) is 0 Å². The van der Waals surface area contributed by atoms with Crippen molar-refractivity contribution in [1.82, 2.24) is 4.72 Å². The van der Waals surface area contributed by atoms with Gasteiger partial charge >= 0.3 is 11.9 Å². The molecule has 0 saturated heterocycles. The van der Waals surface area contributed by atoms with Gasteiger partial charge in [0.25, 0.3) is 0 Å². The van der Waals surface area contributed by atoms with E-state index >= 15 is 0 Å². The van der Waals surface area contributed by atoms with Crippen molar-refractivity contribution in [3.8, 4) is 0 Å². The first kappa shape index (κ1) is 19.7. The van der Waals surface area contributed by atoms with Crippen LogP contribution < -0.4 is 4.72 Å². The molecule has 1 heterocycles. The zero-order chi connectivity index (χ0) is 19.3. The summed E-state index contributed by atoms with van der Waals surface area (Å²) < 4.78 is 41.2. The standard InChI is InChI=1S/C17H19NO7S/c1-11(2)18-26(21,22)14-6-4-12(5-7-14)16(19)25-10-13-8-9-24-15(13)17(20)23-3/h4-9,11,18H,10H2,1-3H3. The Morgan fingerprint density at radius 1 is 1.12 bits per heavy atom. The summed E-state index contributed by atoms with van der Waals surface area (Å²) in [6.45, 7) is 3.23. The third-order valence-corrected chi connectivity index (χ3v) is 4.94. The summed E-state index contributed by atoms with van der Waals surface area (Å²) in [6.07, 6.45) is 1.29. The molecule has 0 aliphatic rings. The van der Waals surface area contributed by atoms with Crippen molar-refractivity contribution in [2.45, 2.75) is 31.4 Å². The van der Waals surface area contributed by atoms with Gasteiger partial charge in [-0.3, -0.25) is 0 Å². The molecule has 0 fully saturated rings. The lowest BCUT2D eigenvalue weighted by molar-refractivity contribution is 0.0453. The smallest absolute Gasteiger partial charge is 0.374 e. The Labute approximate surface area is 151 Å². The average molecular weight is 381 g/mol. The molecule has 2 rings (SSSR count). The van der Waals surface area contributed by atoms with Gasteiger partial charge in [0.05, 0.1) is 23.8 Å². The Balaban J connectivity index is 2.05. The van der Waals surface area contributed by atoms with Crippen LogP contribution in [0.4, 0.5) is 0 Å². The summed E-state index contributed by atoms with van der Waals surface area (Å²) in [6, 6.07) is 6.59. The van der Waals surface area contributed by atoms with Crippen LogP contribution in [0.15, 0.2) is 45.9 Å². The molecule has 0 spiro atoms. The molecule has 0 amide bonds.